The van der Waals surface area contributed by atoms with E-state index in [0.29, 0.717) is 12.0 Å². The van der Waals surface area contributed by atoms with Crippen LogP contribution < -0.4 is 11.1 Å². The lowest BCUT2D eigenvalue weighted by Gasteiger charge is -2.24. The molecule has 0 aromatic carbocycles. The molecule has 3 aliphatic rings. The van der Waals surface area contributed by atoms with E-state index in [1.165, 1.54) is 19.3 Å². The number of amides is 1. The lowest BCUT2D eigenvalue weighted by Crippen LogP contribution is -2.37. The lowest BCUT2D eigenvalue weighted by molar-refractivity contribution is -0.120. The highest BCUT2D eigenvalue weighted by atomic mass is 16.2. The highest BCUT2D eigenvalue weighted by molar-refractivity contribution is 5.85. The molecule has 1 saturated heterocycles. The number of carbonyl (C=O) groups is 1. The zero-order valence-electron chi connectivity index (χ0n) is 6.99. The van der Waals surface area contributed by atoms with Gasteiger partial charge in [-0.05, 0) is 31.1 Å². The van der Waals surface area contributed by atoms with Gasteiger partial charge >= 0.3 is 0 Å². The molecular weight excluding hydrogens is 152 g/mol. The summed E-state index contributed by atoms with van der Waals surface area (Å²) in [4.78, 5) is 11.3. The van der Waals surface area contributed by atoms with Crippen LogP contribution >= 0.6 is 0 Å². The van der Waals surface area contributed by atoms with Crippen molar-refractivity contribution in [2.24, 2.45) is 23.5 Å². The highest BCUT2D eigenvalue weighted by Gasteiger charge is 2.55. The second kappa shape index (κ2) is 2.02. The first-order valence-electron chi connectivity index (χ1n) is 4.83. The summed E-state index contributed by atoms with van der Waals surface area (Å²) < 4.78 is 0. The van der Waals surface area contributed by atoms with Crippen molar-refractivity contribution in [3.63, 3.8) is 0 Å². The lowest BCUT2D eigenvalue weighted by atomic mass is 9.83. The van der Waals surface area contributed by atoms with Gasteiger partial charge in [-0.15, -0.1) is 0 Å². The zero-order valence-corrected chi connectivity index (χ0v) is 6.99. The fraction of sp³-hybridized carbons (Fsp3) is 0.889. The van der Waals surface area contributed by atoms with E-state index in [1.54, 1.807) is 0 Å². The molecule has 0 radical (unpaired) electrons. The Morgan fingerprint density at radius 2 is 2.08 bits per heavy atom. The molecule has 5 unspecified atom stereocenters. The van der Waals surface area contributed by atoms with Crippen LogP contribution in [0.25, 0.3) is 0 Å². The number of nitrogens with one attached hydrogen (secondary N) is 1. The zero-order chi connectivity index (χ0) is 8.29. The van der Waals surface area contributed by atoms with Crippen LogP contribution in [0, 0.1) is 17.8 Å². The molecule has 2 bridgehead atoms. The summed E-state index contributed by atoms with van der Waals surface area (Å²) >= 11 is 0. The molecule has 3 fully saturated rings. The first-order valence-corrected chi connectivity index (χ1v) is 4.83. The summed E-state index contributed by atoms with van der Waals surface area (Å²) in [6.45, 7) is 0. The van der Waals surface area contributed by atoms with Crippen LogP contribution in [-0.2, 0) is 4.79 Å². The quantitative estimate of drug-likeness (QED) is 0.526. The van der Waals surface area contributed by atoms with Crippen LogP contribution in [0.3, 0.4) is 0 Å². The van der Waals surface area contributed by atoms with Gasteiger partial charge in [-0.2, -0.15) is 0 Å². The Morgan fingerprint density at radius 1 is 1.33 bits per heavy atom. The maximum atomic E-state index is 11.3. The van der Waals surface area contributed by atoms with Gasteiger partial charge in [-0.3, -0.25) is 4.79 Å². The molecule has 3 N–H and O–H groups in total. The Hall–Kier alpha value is -0.570. The van der Waals surface area contributed by atoms with Crippen molar-refractivity contribution in [1.29, 1.82) is 0 Å². The van der Waals surface area contributed by atoms with E-state index >= 15 is 0 Å². The van der Waals surface area contributed by atoms with Crippen molar-refractivity contribution in [2.75, 3.05) is 0 Å². The van der Waals surface area contributed by atoms with Crippen LogP contribution in [-0.4, -0.2) is 18.0 Å². The minimum Gasteiger partial charge on any atom is -0.351 e. The van der Waals surface area contributed by atoms with Crippen molar-refractivity contribution in [3.05, 3.63) is 0 Å². The number of nitrogens with two attached hydrogens (primary N) is 1. The Morgan fingerprint density at radius 3 is 2.83 bits per heavy atom. The molecule has 3 heteroatoms. The second-order valence-electron chi connectivity index (χ2n) is 4.47. The van der Waals surface area contributed by atoms with Gasteiger partial charge in [-0.25, -0.2) is 0 Å². The van der Waals surface area contributed by atoms with Gasteiger partial charge in [0.1, 0.15) is 0 Å². The molecule has 12 heavy (non-hydrogen) atoms. The Balaban J connectivity index is 1.95. The van der Waals surface area contributed by atoms with Crippen LogP contribution in [0.4, 0.5) is 0 Å². The number of rotatable bonds is 0. The number of hydrogen-bond donors (Lipinski definition) is 2. The third-order valence-corrected chi connectivity index (χ3v) is 4.01. The first kappa shape index (κ1) is 6.89. The number of fused-ring (bicyclic) bond motifs is 5. The van der Waals surface area contributed by atoms with Crippen molar-refractivity contribution in [3.8, 4) is 0 Å². The van der Waals surface area contributed by atoms with E-state index in [4.69, 9.17) is 5.73 Å². The maximum Gasteiger partial charge on any atom is 0.237 e. The van der Waals surface area contributed by atoms with Crippen molar-refractivity contribution >= 4 is 5.91 Å². The van der Waals surface area contributed by atoms with E-state index in [9.17, 15) is 4.79 Å². The summed E-state index contributed by atoms with van der Waals surface area (Å²) in [5.41, 5.74) is 5.84. The monoisotopic (exact) mass is 166 g/mol. The summed E-state index contributed by atoms with van der Waals surface area (Å²) in [7, 11) is 0. The molecule has 5 atom stereocenters. The van der Waals surface area contributed by atoms with Gasteiger partial charge in [0.25, 0.3) is 0 Å². The summed E-state index contributed by atoms with van der Waals surface area (Å²) in [5.74, 6) is 2.05. The largest absolute Gasteiger partial charge is 0.351 e. The van der Waals surface area contributed by atoms with Gasteiger partial charge in [-0.1, -0.05) is 0 Å². The minimum atomic E-state index is -0.203. The van der Waals surface area contributed by atoms with Gasteiger partial charge in [0, 0.05) is 12.0 Å². The molecule has 0 spiro atoms. The van der Waals surface area contributed by atoms with E-state index < -0.39 is 0 Å². The van der Waals surface area contributed by atoms with Crippen molar-refractivity contribution in [2.45, 2.75) is 31.3 Å². The Labute approximate surface area is 71.7 Å². The smallest absolute Gasteiger partial charge is 0.237 e. The molecule has 3 rings (SSSR count). The normalized spacial score (nSPS) is 55.8. The number of hydrogen-bond acceptors (Lipinski definition) is 2. The summed E-state index contributed by atoms with van der Waals surface area (Å²) in [6, 6.07) is 0.233. The summed E-state index contributed by atoms with van der Waals surface area (Å²) in [5, 5.41) is 3.03. The molecular formula is C9H14N2O. The minimum absolute atomic E-state index is 0.0848. The highest BCUT2D eigenvalue weighted by Crippen LogP contribution is 2.51. The third kappa shape index (κ3) is 0.637. The average molecular weight is 166 g/mol. The van der Waals surface area contributed by atoms with E-state index in [1.807, 2.05) is 0 Å². The van der Waals surface area contributed by atoms with Crippen LogP contribution in [0.5, 0.6) is 0 Å². The van der Waals surface area contributed by atoms with Crippen molar-refractivity contribution < 1.29 is 4.79 Å². The van der Waals surface area contributed by atoms with Gasteiger partial charge in [0.15, 0.2) is 0 Å². The molecule has 1 amide bonds. The van der Waals surface area contributed by atoms with E-state index in [2.05, 4.69) is 5.32 Å². The Kier molecular flexibility index (Phi) is 1.16. The molecule has 2 saturated carbocycles. The predicted octanol–water partition coefficient (Wildman–Crippen LogP) is -0.142. The van der Waals surface area contributed by atoms with E-state index in [-0.39, 0.29) is 11.9 Å². The van der Waals surface area contributed by atoms with Crippen molar-refractivity contribution in [1.82, 2.24) is 5.32 Å². The van der Waals surface area contributed by atoms with Crippen LogP contribution in [0.2, 0.25) is 0 Å². The standard InChI is InChI=1S/C9H14N2O/c10-7-6-4-1-2-5(3-4)8(6)11-9(7)12/h4-8H,1-3,10H2,(H,11,12). The average Bonchev–Trinajstić information content (AvgIpc) is 2.66. The van der Waals surface area contributed by atoms with Gasteiger partial charge in [0.2, 0.25) is 5.91 Å². The van der Waals surface area contributed by atoms with Crippen LogP contribution in [0.1, 0.15) is 19.3 Å². The molecule has 3 nitrogen and oxygen atoms in total. The third-order valence-electron chi connectivity index (χ3n) is 4.01. The second-order valence-corrected chi connectivity index (χ2v) is 4.47. The van der Waals surface area contributed by atoms with Gasteiger partial charge < -0.3 is 11.1 Å². The molecule has 0 aromatic heterocycles. The van der Waals surface area contributed by atoms with E-state index in [0.717, 1.165) is 11.8 Å². The fourth-order valence-electron chi connectivity index (χ4n) is 3.50. The predicted molar refractivity (Wildman–Crippen MR) is 44.2 cm³/mol. The molecule has 2 aliphatic carbocycles. The Bertz CT molecular complexity index is 241. The SMILES string of the molecule is NC1C(=O)NC2C3CCC(C3)C12. The first-order chi connectivity index (χ1) is 5.77. The maximum absolute atomic E-state index is 11.3. The molecule has 0 aromatic rings. The summed E-state index contributed by atoms with van der Waals surface area (Å²) in [6.07, 6.45) is 3.91. The van der Waals surface area contributed by atoms with Crippen LogP contribution in [0.15, 0.2) is 0 Å². The molecule has 66 valence electrons. The molecule has 1 aliphatic heterocycles. The fourth-order valence-corrected chi connectivity index (χ4v) is 3.50. The topological polar surface area (TPSA) is 55.1 Å². The van der Waals surface area contributed by atoms with Gasteiger partial charge in [0.05, 0.1) is 6.04 Å². The number of carbonyl (C=O) groups excluding carboxylic acids is 1. The molecule has 1 heterocycles.